The maximum atomic E-state index is 10.5. The molecule has 0 saturated carbocycles. The molecule has 2 unspecified atom stereocenters. The number of aryl methyl sites for hydroxylation is 2. The zero-order valence-electron chi connectivity index (χ0n) is 23.6. The summed E-state index contributed by atoms with van der Waals surface area (Å²) in [7, 11) is 0. The number of unbranched alkanes of at least 4 members (excludes halogenated alkanes) is 9. The van der Waals surface area contributed by atoms with Crippen LogP contribution in [-0.2, 0) is 24.3 Å². The van der Waals surface area contributed by atoms with Crippen molar-refractivity contribution in [1.29, 1.82) is 0 Å². The molecular weight excluding hydrogens is 604 g/mol. The second-order valence-electron chi connectivity index (χ2n) is 10.7. The Balaban J connectivity index is 0.00000684. The maximum absolute atomic E-state index is 10.5. The molecule has 2 aromatic rings. The molecule has 0 aliphatic heterocycles. The number of aliphatic hydroxyl groups is 2. The van der Waals surface area contributed by atoms with Crippen molar-refractivity contribution in [3.05, 3.63) is 85.5 Å². The van der Waals surface area contributed by atoms with Gasteiger partial charge in [0.1, 0.15) is 13.1 Å². The number of aromatic nitrogens is 2. The molecule has 2 aromatic heterocycles. The molecule has 2 atom stereocenters. The Hall–Kier alpha value is -1.34. The van der Waals surface area contributed by atoms with Gasteiger partial charge in [-0.05, 0) is 50.7 Å². The van der Waals surface area contributed by atoms with E-state index in [1.54, 1.807) is 12.2 Å². The Kier molecular flexibility index (Phi) is 19.0. The fourth-order valence-corrected chi connectivity index (χ4v) is 4.73. The van der Waals surface area contributed by atoms with E-state index in [0.717, 1.165) is 24.2 Å². The molecule has 0 aromatic carbocycles. The molecule has 0 aliphatic rings. The van der Waals surface area contributed by atoms with Crippen LogP contribution in [0.25, 0.3) is 0 Å². The minimum atomic E-state index is -0.832. The molecule has 0 bridgehead atoms. The van der Waals surface area contributed by atoms with Crippen molar-refractivity contribution < 1.29 is 53.3 Å². The van der Waals surface area contributed by atoms with Crippen LogP contribution in [0.3, 0.4) is 0 Å². The summed E-state index contributed by atoms with van der Waals surface area (Å²) in [5.74, 6) is 0. The number of pyridine rings is 2. The molecule has 2 rings (SSSR count). The first kappa shape index (κ1) is 36.7. The van der Waals surface area contributed by atoms with Crippen LogP contribution in [0.2, 0.25) is 0 Å². The number of nitrogens with zero attached hydrogens (tertiary/aromatic N) is 2. The number of rotatable bonds is 19. The lowest BCUT2D eigenvalue weighted by Gasteiger charge is -2.21. The minimum absolute atomic E-state index is 0. The maximum Gasteiger partial charge on any atom is 0.169 e. The summed E-state index contributed by atoms with van der Waals surface area (Å²) in [6.07, 6.45) is 26.0. The lowest BCUT2D eigenvalue weighted by Crippen LogP contribution is -3.00. The van der Waals surface area contributed by atoms with E-state index in [-0.39, 0.29) is 34.0 Å². The molecule has 2 heterocycles. The molecule has 214 valence electrons. The SMILES string of the molecule is C=CCC(C)(O)c1cc[n+](CCCCCCCCCCCC[n+]2ccc(C(C)(O)CC=C)cc2)cc1.[Br-].[Br-]. The first-order chi connectivity index (χ1) is 17.3. The largest absolute Gasteiger partial charge is 1.00 e. The predicted octanol–water partition coefficient (Wildman–Crippen LogP) is 0.438. The van der Waals surface area contributed by atoms with Gasteiger partial charge in [-0.3, -0.25) is 0 Å². The van der Waals surface area contributed by atoms with E-state index in [2.05, 4.69) is 47.1 Å². The Morgan fingerprint density at radius 2 is 0.842 bits per heavy atom. The van der Waals surface area contributed by atoms with Gasteiger partial charge in [-0.1, -0.05) is 50.7 Å². The summed E-state index contributed by atoms with van der Waals surface area (Å²) in [6, 6.07) is 8.09. The fourth-order valence-electron chi connectivity index (χ4n) is 4.73. The van der Waals surface area contributed by atoms with E-state index >= 15 is 0 Å². The highest BCUT2D eigenvalue weighted by Gasteiger charge is 2.23. The number of halogens is 2. The summed E-state index contributed by atoms with van der Waals surface area (Å²) in [4.78, 5) is 0. The Labute approximate surface area is 253 Å². The van der Waals surface area contributed by atoms with E-state index in [0.29, 0.717) is 12.8 Å². The Morgan fingerprint density at radius 3 is 1.11 bits per heavy atom. The fraction of sp³-hybridized carbons (Fsp3) is 0.562. The molecule has 4 nitrogen and oxygen atoms in total. The van der Waals surface area contributed by atoms with Gasteiger partial charge in [-0.15, -0.1) is 13.2 Å². The number of hydrogen-bond donors (Lipinski definition) is 2. The Morgan fingerprint density at radius 1 is 0.579 bits per heavy atom. The smallest absolute Gasteiger partial charge is 0.169 e. The van der Waals surface area contributed by atoms with Crippen LogP contribution >= 0.6 is 0 Å². The van der Waals surface area contributed by atoms with Crippen molar-refractivity contribution >= 4 is 0 Å². The normalized spacial score (nSPS) is 13.9. The zero-order valence-corrected chi connectivity index (χ0v) is 26.8. The Bertz CT molecular complexity index is 821. The second kappa shape index (κ2) is 19.7. The van der Waals surface area contributed by atoms with E-state index in [1.807, 2.05) is 38.1 Å². The van der Waals surface area contributed by atoms with Crippen molar-refractivity contribution in [2.24, 2.45) is 0 Å². The molecule has 0 aliphatic carbocycles. The van der Waals surface area contributed by atoms with Crippen LogP contribution in [0, 0.1) is 0 Å². The van der Waals surface area contributed by atoms with Gasteiger partial charge in [0.05, 0.1) is 11.2 Å². The average Bonchev–Trinajstić information content (AvgIpc) is 2.85. The molecule has 0 fully saturated rings. The standard InChI is InChI=1S/C32H50N2O2.2BrH/c1-5-21-31(3,35)29-17-25-33(26-18-29)23-15-13-11-9-7-8-10-12-14-16-24-34-27-19-30(20-28-34)32(4,36)22-6-2;;/h5-6,17-20,25-28,35-36H,1-2,7-16,21-24H2,3-4H3;2*1H/q+2;;/p-2. The van der Waals surface area contributed by atoms with Crippen LogP contribution in [0.15, 0.2) is 74.4 Å². The van der Waals surface area contributed by atoms with Crippen molar-refractivity contribution in [2.75, 3.05) is 0 Å². The van der Waals surface area contributed by atoms with Gasteiger partial charge in [0.15, 0.2) is 24.8 Å². The number of hydrogen-bond acceptors (Lipinski definition) is 2. The van der Waals surface area contributed by atoms with Crippen LogP contribution in [0.5, 0.6) is 0 Å². The highest BCUT2D eigenvalue weighted by molar-refractivity contribution is 5.18. The van der Waals surface area contributed by atoms with E-state index in [1.165, 1.54) is 64.2 Å². The molecule has 0 amide bonds. The highest BCUT2D eigenvalue weighted by Crippen LogP contribution is 2.24. The van der Waals surface area contributed by atoms with Gasteiger partial charge in [-0.2, -0.15) is 0 Å². The van der Waals surface area contributed by atoms with Crippen molar-refractivity contribution in [3.8, 4) is 0 Å². The van der Waals surface area contributed by atoms with Gasteiger partial charge < -0.3 is 44.2 Å². The summed E-state index contributed by atoms with van der Waals surface area (Å²) in [5.41, 5.74) is 0.227. The monoisotopic (exact) mass is 652 g/mol. The second-order valence-corrected chi connectivity index (χ2v) is 10.7. The van der Waals surface area contributed by atoms with Gasteiger partial charge in [0.2, 0.25) is 0 Å². The van der Waals surface area contributed by atoms with Crippen molar-refractivity contribution in [2.45, 2.75) is 115 Å². The van der Waals surface area contributed by atoms with E-state index in [9.17, 15) is 10.2 Å². The first-order valence-corrected chi connectivity index (χ1v) is 13.9. The third-order valence-electron chi connectivity index (χ3n) is 7.19. The highest BCUT2D eigenvalue weighted by atomic mass is 79.9. The first-order valence-electron chi connectivity index (χ1n) is 13.9. The molecule has 0 saturated heterocycles. The van der Waals surface area contributed by atoms with E-state index < -0.39 is 11.2 Å². The molecule has 6 heteroatoms. The minimum Gasteiger partial charge on any atom is -1.00 e. The molecule has 38 heavy (non-hydrogen) atoms. The zero-order chi connectivity index (χ0) is 26.3. The van der Waals surface area contributed by atoms with Gasteiger partial charge in [0.25, 0.3) is 0 Å². The van der Waals surface area contributed by atoms with Crippen LogP contribution in [-0.4, -0.2) is 10.2 Å². The quantitative estimate of drug-likeness (QED) is 0.131. The molecule has 0 radical (unpaired) electrons. The lowest BCUT2D eigenvalue weighted by molar-refractivity contribution is -0.697. The van der Waals surface area contributed by atoms with Crippen LogP contribution in [0.1, 0.15) is 102 Å². The van der Waals surface area contributed by atoms with Gasteiger partial charge >= 0.3 is 0 Å². The lowest BCUT2D eigenvalue weighted by atomic mass is 9.93. The molecule has 2 N–H and O–H groups in total. The molecular formula is C32H50Br2N2O2. The predicted molar refractivity (Wildman–Crippen MR) is 148 cm³/mol. The van der Waals surface area contributed by atoms with Crippen LogP contribution < -0.4 is 43.1 Å². The molecule has 0 spiro atoms. The van der Waals surface area contributed by atoms with Crippen molar-refractivity contribution in [3.63, 3.8) is 0 Å². The topological polar surface area (TPSA) is 48.2 Å². The van der Waals surface area contributed by atoms with Gasteiger partial charge in [0, 0.05) is 37.1 Å². The average molecular weight is 655 g/mol. The third kappa shape index (κ3) is 13.6. The van der Waals surface area contributed by atoms with Gasteiger partial charge in [-0.25, -0.2) is 9.13 Å². The summed E-state index contributed by atoms with van der Waals surface area (Å²) >= 11 is 0. The summed E-state index contributed by atoms with van der Waals surface area (Å²) in [5, 5.41) is 20.9. The third-order valence-corrected chi connectivity index (χ3v) is 7.19. The van der Waals surface area contributed by atoms with E-state index in [4.69, 9.17) is 0 Å². The van der Waals surface area contributed by atoms with Crippen LogP contribution in [0.4, 0.5) is 0 Å². The van der Waals surface area contributed by atoms with Crippen molar-refractivity contribution in [1.82, 2.24) is 0 Å². The summed E-state index contributed by atoms with van der Waals surface area (Å²) < 4.78 is 4.43. The summed E-state index contributed by atoms with van der Waals surface area (Å²) in [6.45, 7) is 13.2.